The van der Waals surface area contributed by atoms with Crippen molar-refractivity contribution < 1.29 is 36.9 Å². The normalized spacial score (nSPS) is 19.7. The fraction of sp³-hybridized carbons (Fsp3) is 0.500. The lowest BCUT2D eigenvalue weighted by Crippen LogP contribution is -2.39. The number of halogens is 3. The number of morpholine rings is 1. The number of aromatic nitrogens is 2. The molecular weight excluding hydrogens is 529 g/mol. The van der Waals surface area contributed by atoms with Crippen LogP contribution in [0.1, 0.15) is 36.2 Å². The van der Waals surface area contributed by atoms with Crippen LogP contribution in [0.25, 0.3) is 16.6 Å². The second kappa shape index (κ2) is 11.6. The number of nitrogens with one attached hydrogen (secondary N) is 1. The number of fused-ring (bicyclic) bond motifs is 1. The van der Waals surface area contributed by atoms with Gasteiger partial charge in [-0.2, -0.15) is 13.9 Å². The van der Waals surface area contributed by atoms with Crippen LogP contribution < -0.4 is 14.8 Å². The predicted molar refractivity (Wildman–Crippen MR) is 141 cm³/mol. The van der Waals surface area contributed by atoms with Crippen LogP contribution in [-0.4, -0.2) is 85.8 Å². The largest absolute Gasteiger partial charge is 0.496 e. The second-order valence-electron chi connectivity index (χ2n) is 10.4. The predicted octanol–water partition coefficient (Wildman–Crippen LogP) is 4.04. The van der Waals surface area contributed by atoms with Crippen LogP contribution in [-0.2, 0) is 15.1 Å². The summed E-state index contributed by atoms with van der Waals surface area (Å²) in [6, 6.07) is 6.05. The molecule has 1 amide bonds. The number of carbonyl (C=O) groups is 1. The molecule has 1 N–H and O–H groups in total. The SMILES string of the molecule is COc1cc(-c2cnn3cc(C(C)(C)OCCN4CCOCC4)ccc23)cc(OC(F)F)c1C(=O)NC1CC1F. The van der Waals surface area contributed by atoms with E-state index in [9.17, 15) is 18.0 Å². The molecule has 40 heavy (non-hydrogen) atoms. The molecule has 2 atom stereocenters. The van der Waals surface area contributed by atoms with Crippen molar-refractivity contribution in [2.45, 2.75) is 44.7 Å². The van der Waals surface area contributed by atoms with Crippen LogP contribution in [0, 0.1) is 0 Å². The molecule has 2 aliphatic rings. The van der Waals surface area contributed by atoms with Gasteiger partial charge in [0, 0.05) is 43.4 Å². The van der Waals surface area contributed by atoms with Gasteiger partial charge in [0.25, 0.3) is 5.91 Å². The summed E-state index contributed by atoms with van der Waals surface area (Å²) in [5, 5.41) is 6.96. The zero-order valence-electron chi connectivity index (χ0n) is 22.7. The van der Waals surface area contributed by atoms with Crippen molar-refractivity contribution in [3.05, 3.63) is 47.8 Å². The number of benzene rings is 1. The van der Waals surface area contributed by atoms with Crippen molar-refractivity contribution in [3.63, 3.8) is 0 Å². The van der Waals surface area contributed by atoms with E-state index in [1.807, 2.05) is 32.2 Å². The maximum atomic E-state index is 13.4. The van der Waals surface area contributed by atoms with E-state index >= 15 is 0 Å². The quantitative estimate of drug-likeness (QED) is 0.378. The van der Waals surface area contributed by atoms with Gasteiger partial charge in [-0.05, 0) is 37.6 Å². The molecule has 2 unspecified atom stereocenters. The van der Waals surface area contributed by atoms with Crippen molar-refractivity contribution in [3.8, 4) is 22.6 Å². The highest BCUT2D eigenvalue weighted by atomic mass is 19.3. The Hall–Kier alpha value is -3.35. The number of rotatable bonds is 11. The number of hydrogen-bond acceptors (Lipinski definition) is 7. The molecule has 3 heterocycles. The Bertz CT molecular complexity index is 1360. The fourth-order valence-electron chi connectivity index (χ4n) is 4.77. The molecule has 5 rings (SSSR count). The number of hydrogen-bond donors (Lipinski definition) is 1. The molecule has 0 bridgehead atoms. The number of methoxy groups -OCH3 is 1. The van der Waals surface area contributed by atoms with Gasteiger partial charge >= 0.3 is 6.61 Å². The Morgan fingerprint density at radius 3 is 2.62 bits per heavy atom. The van der Waals surface area contributed by atoms with Gasteiger partial charge in [-0.3, -0.25) is 9.69 Å². The Kier molecular flexibility index (Phi) is 8.20. The first kappa shape index (κ1) is 28.2. The van der Waals surface area contributed by atoms with E-state index in [0.717, 1.165) is 38.4 Å². The lowest BCUT2D eigenvalue weighted by Gasteiger charge is -2.30. The molecule has 0 spiro atoms. The second-order valence-corrected chi connectivity index (χ2v) is 10.4. The molecule has 3 aromatic rings. The van der Waals surface area contributed by atoms with E-state index in [1.54, 1.807) is 16.8 Å². The van der Waals surface area contributed by atoms with Crippen molar-refractivity contribution in [1.29, 1.82) is 0 Å². The summed E-state index contributed by atoms with van der Waals surface area (Å²) in [7, 11) is 1.32. The molecule has 1 saturated heterocycles. The van der Waals surface area contributed by atoms with Gasteiger partial charge in [-0.15, -0.1) is 0 Å². The molecule has 2 fully saturated rings. The first-order valence-corrected chi connectivity index (χ1v) is 13.2. The maximum Gasteiger partial charge on any atom is 0.387 e. The molecule has 1 aliphatic carbocycles. The van der Waals surface area contributed by atoms with Crippen LogP contribution >= 0.6 is 0 Å². The van der Waals surface area contributed by atoms with Gasteiger partial charge < -0.3 is 24.3 Å². The fourth-order valence-corrected chi connectivity index (χ4v) is 4.77. The molecular formula is C28H33F3N4O5. The summed E-state index contributed by atoms with van der Waals surface area (Å²) in [5.74, 6) is -1.10. The standard InChI is InChI=1S/C28H33F3N4O5/c1-28(2,39-11-8-34-6-9-38-10-7-34)18-4-5-22-19(15-32-35(22)16-18)17-12-23(37-3)25(24(13-17)40-27(30)31)26(36)33-21-14-20(21)29/h4-5,12-13,15-16,20-21,27H,6-11,14H2,1-3H3,(H,33,36). The van der Waals surface area contributed by atoms with Crippen LogP contribution in [0.4, 0.5) is 13.2 Å². The van der Waals surface area contributed by atoms with E-state index < -0.39 is 30.3 Å². The third-order valence-corrected chi connectivity index (χ3v) is 7.25. The summed E-state index contributed by atoms with van der Waals surface area (Å²) < 4.78 is 63.4. The number of carbonyl (C=O) groups excluding carboxylic acids is 1. The summed E-state index contributed by atoms with van der Waals surface area (Å²) in [6.07, 6.45) is 2.49. The highest BCUT2D eigenvalue weighted by Gasteiger charge is 2.40. The Morgan fingerprint density at radius 2 is 1.95 bits per heavy atom. The maximum absolute atomic E-state index is 13.4. The smallest absolute Gasteiger partial charge is 0.387 e. The lowest BCUT2D eigenvalue weighted by atomic mass is 9.98. The topological polar surface area (TPSA) is 86.6 Å². The molecule has 0 radical (unpaired) electrons. The summed E-state index contributed by atoms with van der Waals surface area (Å²) >= 11 is 0. The van der Waals surface area contributed by atoms with Gasteiger partial charge in [-0.1, -0.05) is 6.07 Å². The van der Waals surface area contributed by atoms with Crippen LogP contribution in [0.15, 0.2) is 36.7 Å². The van der Waals surface area contributed by atoms with Crippen LogP contribution in [0.5, 0.6) is 11.5 Å². The minimum Gasteiger partial charge on any atom is -0.496 e. The van der Waals surface area contributed by atoms with E-state index in [-0.39, 0.29) is 23.5 Å². The summed E-state index contributed by atoms with van der Waals surface area (Å²) in [5.41, 5.74) is 1.89. The number of alkyl halides is 3. The van der Waals surface area contributed by atoms with Gasteiger partial charge in [0.2, 0.25) is 0 Å². The van der Waals surface area contributed by atoms with E-state index in [1.165, 1.54) is 13.2 Å². The van der Waals surface area contributed by atoms with Crippen molar-refractivity contribution in [1.82, 2.24) is 19.8 Å². The third-order valence-electron chi connectivity index (χ3n) is 7.25. The van der Waals surface area contributed by atoms with E-state index in [4.69, 9.17) is 18.9 Å². The number of amides is 1. The number of ether oxygens (including phenoxy) is 4. The molecule has 1 saturated carbocycles. The molecule has 216 valence electrons. The van der Waals surface area contributed by atoms with Gasteiger partial charge in [0.05, 0.1) is 50.3 Å². The third kappa shape index (κ3) is 6.18. The van der Waals surface area contributed by atoms with E-state index in [2.05, 4.69) is 15.3 Å². The summed E-state index contributed by atoms with van der Waals surface area (Å²) in [4.78, 5) is 15.1. The Labute approximate surface area is 230 Å². The molecule has 2 aromatic heterocycles. The van der Waals surface area contributed by atoms with Crippen LogP contribution in [0.2, 0.25) is 0 Å². The highest BCUT2D eigenvalue weighted by Crippen LogP contribution is 2.38. The molecule has 9 nitrogen and oxygen atoms in total. The highest BCUT2D eigenvalue weighted by molar-refractivity contribution is 6.01. The van der Waals surface area contributed by atoms with Gasteiger partial charge in [-0.25, -0.2) is 8.91 Å². The van der Waals surface area contributed by atoms with Crippen molar-refractivity contribution in [2.75, 3.05) is 46.6 Å². The average molecular weight is 563 g/mol. The van der Waals surface area contributed by atoms with Crippen molar-refractivity contribution in [2.24, 2.45) is 0 Å². The zero-order chi connectivity index (χ0) is 28.4. The van der Waals surface area contributed by atoms with Crippen LogP contribution in [0.3, 0.4) is 0 Å². The number of pyridine rings is 1. The number of nitrogens with zero attached hydrogens (tertiary/aromatic N) is 3. The minimum atomic E-state index is -3.18. The first-order chi connectivity index (χ1) is 19.2. The summed E-state index contributed by atoms with van der Waals surface area (Å²) in [6.45, 7) is 5.44. The zero-order valence-corrected chi connectivity index (χ0v) is 22.7. The van der Waals surface area contributed by atoms with Gasteiger partial charge in [0.1, 0.15) is 23.2 Å². The Morgan fingerprint density at radius 1 is 1.23 bits per heavy atom. The monoisotopic (exact) mass is 562 g/mol. The molecule has 1 aromatic carbocycles. The molecule has 12 heteroatoms. The Balaban J connectivity index is 1.40. The minimum absolute atomic E-state index is 0.0208. The average Bonchev–Trinajstić information content (AvgIpc) is 3.44. The molecule has 1 aliphatic heterocycles. The lowest BCUT2D eigenvalue weighted by molar-refractivity contribution is -0.0502. The first-order valence-electron chi connectivity index (χ1n) is 13.2. The van der Waals surface area contributed by atoms with E-state index in [0.29, 0.717) is 23.3 Å². The van der Waals surface area contributed by atoms with Gasteiger partial charge in [0.15, 0.2) is 0 Å². The van der Waals surface area contributed by atoms with Crippen molar-refractivity contribution >= 4 is 11.4 Å².